The maximum absolute atomic E-state index is 12.6. The van der Waals surface area contributed by atoms with Crippen molar-refractivity contribution in [2.24, 2.45) is 0 Å². The Labute approximate surface area is 146 Å². The van der Waals surface area contributed by atoms with Gasteiger partial charge in [0.15, 0.2) is 5.78 Å². The Morgan fingerprint density at radius 1 is 0.958 bits per heavy atom. The summed E-state index contributed by atoms with van der Waals surface area (Å²) in [5.41, 5.74) is 3.23. The fourth-order valence-corrected chi connectivity index (χ4v) is 2.86. The maximum atomic E-state index is 12.6. The van der Waals surface area contributed by atoms with Gasteiger partial charge in [0, 0.05) is 18.0 Å². The minimum atomic E-state index is 0.0833. The zero-order chi connectivity index (χ0) is 17.2. The summed E-state index contributed by atoms with van der Waals surface area (Å²) in [7, 11) is 0. The van der Waals surface area contributed by atoms with Crippen LogP contribution in [-0.2, 0) is 0 Å². The number of rotatable bonds is 10. The molecule has 0 aliphatic heterocycles. The molecule has 1 N–H and O–H groups in total. The number of hydrogen-bond donors (Lipinski definition) is 1. The van der Waals surface area contributed by atoms with Crippen molar-refractivity contribution in [3.05, 3.63) is 71.3 Å². The second-order valence-electron chi connectivity index (χ2n) is 6.47. The van der Waals surface area contributed by atoms with Gasteiger partial charge in [-0.2, -0.15) is 0 Å². The highest BCUT2D eigenvalue weighted by molar-refractivity contribution is 5.96. The minimum Gasteiger partial charge on any atom is -0.310 e. The standard InChI is InChI=1S/C22H29NO/c1-3-4-5-9-16-23-21(19-14-12-18(2)13-15-19)17-22(24)20-10-7-6-8-11-20/h6-8,10-15,21,23H,3-5,9,16-17H2,1-2H3. The molecule has 0 aliphatic carbocycles. The second kappa shape index (κ2) is 10.0. The third kappa shape index (κ3) is 5.93. The van der Waals surface area contributed by atoms with Crippen LogP contribution in [0.4, 0.5) is 0 Å². The quantitative estimate of drug-likeness (QED) is 0.463. The van der Waals surface area contributed by atoms with Crippen molar-refractivity contribution in [3.63, 3.8) is 0 Å². The smallest absolute Gasteiger partial charge is 0.164 e. The zero-order valence-corrected chi connectivity index (χ0v) is 14.9. The first-order valence-corrected chi connectivity index (χ1v) is 9.09. The van der Waals surface area contributed by atoms with E-state index >= 15 is 0 Å². The van der Waals surface area contributed by atoms with Crippen molar-refractivity contribution in [2.45, 2.75) is 52.0 Å². The molecular weight excluding hydrogens is 294 g/mol. The van der Waals surface area contributed by atoms with Gasteiger partial charge in [0.05, 0.1) is 0 Å². The number of unbranched alkanes of at least 4 members (excludes halogenated alkanes) is 3. The molecule has 0 saturated heterocycles. The number of benzene rings is 2. The van der Waals surface area contributed by atoms with Gasteiger partial charge in [0.25, 0.3) is 0 Å². The Kier molecular flexibility index (Phi) is 7.70. The van der Waals surface area contributed by atoms with Crippen LogP contribution in [0.1, 0.15) is 66.6 Å². The molecule has 1 unspecified atom stereocenters. The molecular formula is C22H29NO. The normalized spacial score (nSPS) is 12.1. The molecule has 0 spiro atoms. The van der Waals surface area contributed by atoms with Crippen LogP contribution in [-0.4, -0.2) is 12.3 Å². The Bertz CT molecular complexity index is 604. The maximum Gasteiger partial charge on any atom is 0.164 e. The van der Waals surface area contributed by atoms with Gasteiger partial charge in [-0.05, 0) is 25.5 Å². The van der Waals surface area contributed by atoms with E-state index in [1.54, 1.807) is 0 Å². The molecule has 1 atom stereocenters. The summed E-state index contributed by atoms with van der Waals surface area (Å²) in [6.45, 7) is 5.27. The molecule has 2 heteroatoms. The van der Waals surface area contributed by atoms with Crippen molar-refractivity contribution in [1.29, 1.82) is 0 Å². The van der Waals surface area contributed by atoms with Gasteiger partial charge in [-0.25, -0.2) is 0 Å². The average molecular weight is 323 g/mol. The van der Waals surface area contributed by atoms with Gasteiger partial charge < -0.3 is 5.32 Å². The largest absolute Gasteiger partial charge is 0.310 e. The predicted octanol–water partition coefficient (Wildman–Crippen LogP) is 5.48. The van der Waals surface area contributed by atoms with Crippen LogP contribution in [0.3, 0.4) is 0 Å². The van der Waals surface area contributed by atoms with Gasteiger partial charge >= 0.3 is 0 Å². The number of carbonyl (C=O) groups excluding carboxylic acids is 1. The molecule has 2 nitrogen and oxygen atoms in total. The Hall–Kier alpha value is -1.93. The van der Waals surface area contributed by atoms with Crippen molar-refractivity contribution in [3.8, 4) is 0 Å². The fraction of sp³-hybridized carbons (Fsp3) is 0.409. The lowest BCUT2D eigenvalue weighted by Gasteiger charge is -2.19. The number of Topliss-reactive ketones (excluding diaryl/α,β-unsaturated/α-hetero) is 1. The van der Waals surface area contributed by atoms with E-state index in [9.17, 15) is 4.79 Å². The Morgan fingerprint density at radius 3 is 2.33 bits per heavy atom. The highest BCUT2D eigenvalue weighted by Crippen LogP contribution is 2.20. The van der Waals surface area contributed by atoms with Gasteiger partial charge in [-0.3, -0.25) is 4.79 Å². The van der Waals surface area contributed by atoms with E-state index in [4.69, 9.17) is 0 Å². The fourth-order valence-electron chi connectivity index (χ4n) is 2.86. The van der Waals surface area contributed by atoms with Crippen molar-refractivity contribution in [1.82, 2.24) is 5.32 Å². The topological polar surface area (TPSA) is 29.1 Å². The van der Waals surface area contributed by atoms with Gasteiger partial charge in [0.1, 0.15) is 0 Å². The van der Waals surface area contributed by atoms with E-state index in [0.29, 0.717) is 6.42 Å². The molecule has 0 heterocycles. The van der Waals surface area contributed by atoms with Crippen molar-refractivity contribution in [2.75, 3.05) is 6.54 Å². The van der Waals surface area contributed by atoms with Gasteiger partial charge in [-0.15, -0.1) is 0 Å². The first-order valence-electron chi connectivity index (χ1n) is 9.09. The van der Waals surface area contributed by atoms with E-state index in [1.807, 2.05) is 30.3 Å². The van der Waals surface area contributed by atoms with E-state index in [-0.39, 0.29) is 11.8 Å². The molecule has 0 radical (unpaired) electrons. The highest BCUT2D eigenvalue weighted by Gasteiger charge is 2.16. The number of ketones is 1. The molecule has 2 aromatic rings. The number of nitrogens with one attached hydrogen (secondary N) is 1. The molecule has 0 saturated carbocycles. The third-order valence-electron chi connectivity index (χ3n) is 4.39. The number of aryl methyl sites for hydroxylation is 1. The first kappa shape index (κ1) is 18.4. The first-order chi connectivity index (χ1) is 11.7. The van der Waals surface area contributed by atoms with E-state index in [0.717, 1.165) is 18.5 Å². The summed E-state index contributed by atoms with van der Waals surface area (Å²) in [6, 6.07) is 18.2. The lowest BCUT2D eigenvalue weighted by atomic mass is 9.97. The SMILES string of the molecule is CCCCCCNC(CC(=O)c1ccccc1)c1ccc(C)cc1. The molecule has 2 rings (SSSR count). The lowest BCUT2D eigenvalue weighted by Crippen LogP contribution is -2.25. The molecule has 0 aromatic heterocycles. The van der Waals surface area contributed by atoms with Gasteiger partial charge in [-0.1, -0.05) is 86.3 Å². The van der Waals surface area contributed by atoms with Crippen LogP contribution in [0, 0.1) is 6.92 Å². The predicted molar refractivity (Wildman–Crippen MR) is 101 cm³/mol. The second-order valence-corrected chi connectivity index (χ2v) is 6.47. The van der Waals surface area contributed by atoms with Crippen LogP contribution in [0.15, 0.2) is 54.6 Å². The summed E-state index contributed by atoms with van der Waals surface area (Å²) in [5, 5.41) is 3.59. The van der Waals surface area contributed by atoms with Crippen LogP contribution in [0.2, 0.25) is 0 Å². The Balaban J connectivity index is 2.01. The molecule has 24 heavy (non-hydrogen) atoms. The Morgan fingerprint density at radius 2 is 1.67 bits per heavy atom. The van der Waals surface area contributed by atoms with E-state index in [2.05, 4.69) is 43.4 Å². The van der Waals surface area contributed by atoms with Crippen LogP contribution < -0.4 is 5.32 Å². The minimum absolute atomic E-state index is 0.0833. The van der Waals surface area contributed by atoms with Crippen LogP contribution in [0.5, 0.6) is 0 Å². The van der Waals surface area contributed by atoms with Crippen LogP contribution in [0.25, 0.3) is 0 Å². The molecule has 2 aromatic carbocycles. The highest BCUT2D eigenvalue weighted by atomic mass is 16.1. The lowest BCUT2D eigenvalue weighted by molar-refractivity contribution is 0.0968. The van der Waals surface area contributed by atoms with Crippen molar-refractivity contribution >= 4 is 5.78 Å². The summed E-state index contributed by atoms with van der Waals surface area (Å²) in [4.78, 5) is 12.6. The summed E-state index contributed by atoms with van der Waals surface area (Å²) >= 11 is 0. The average Bonchev–Trinajstić information content (AvgIpc) is 2.62. The summed E-state index contributed by atoms with van der Waals surface area (Å²) in [6.07, 6.45) is 5.43. The number of hydrogen-bond acceptors (Lipinski definition) is 2. The monoisotopic (exact) mass is 323 g/mol. The molecule has 0 fully saturated rings. The van der Waals surface area contributed by atoms with Crippen molar-refractivity contribution < 1.29 is 4.79 Å². The third-order valence-corrected chi connectivity index (χ3v) is 4.39. The van der Waals surface area contributed by atoms with Crippen LogP contribution >= 0.6 is 0 Å². The molecule has 0 aliphatic rings. The summed E-state index contributed by atoms with van der Waals surface area (Å²) in [5.74, 6) is 0.197. The van der Waals surface area contributed by atoms with Gasteiger partial charge in [0.2, 0.25) is 0 Å². The molecule has 128 valence electrons. The summed E-state index contributed by atoms with van der Waals surface area (Å²) < 4.78 is 0. The molecule has 0 bridgehead atoms. The van der Waals surface area contributed by atoms with E-state index in [1.165, 1.54) is 30.4 Å². The number of carbonyl (C=O) groups is 1. The molecule has 0 amide bonds. The zero-order valence-electron chi connectivity index (χ0n) is 14.9. The van der Waals surface area contributed by atoms with E-state index < -0.39 is 0 Å².